The van der Waals surface area contributed by atoms with E-state index in [1.807, 2.05) is 13.0 Å². The molecular weight excluding hydrogens is 258 g/mol. The summed E-state index contributed by atoms with van der Waals surface area (Å²) in [5, 5.41) is 11.5. The zero-order valence-corrected chi connectivity index (χ0v) is 10.8. The third-order valence-electron chi connectivity index (χ3n) is 2.82. The molecular formula is C14H13N3O3. The molecule has 0 spiro atoms. The molecule has 0 aliphatic carbocycles. The first kappa shape index (κ1) is 13.7. The maximum atomic E-state index is 11.9. The van der Waals surface area contributed by atoms with Crippen LogP contribution in [0.3, 0.4) is 0 Å². The van der Waals surface area contributed by atoms with E-state index in [0.29, 0.717) is 12.1 Å². The number of aromatic carboxylic acids is 1. The normalized spacial score (nSPS) is 10.1. The summed E-state index contributed by atoms with van der Waals surface area (Å²) >= 11 is 0. The molecule has 6 nitrogen and oxygen atoms in total. The summed E-state index contributed by atoms with van der Waals surface area (Å²) in [6.07, 6.45) is 4.64. The van der Waals surface area contributed by atoms with Crippen molar-refractivity contribution in [3.63, 3.8) is 0 Å². The fourth-order valence-electron chi connectivity index (χ4n) is 1.63. The van der Waals surface area contributed by atoms with Crippen LogP contribution in [0.15, 0.2) is 36.8 Å². The van der Waals surface area contributed by atoms with E-state index in [2.05, 4.69) is 15.3 Å². The molecule has 0 aromatic carbocycles. The van der Waals surface area contributed by atoms with Gasteiger partial charge in [0, 0.05) is 25.1 Å². The van der Waals surface area contributed by atoms with E-state index in [1.165, 1.54) is 18.3 Å². The van der Waals surface area contributed by atoms with Crippen molar-refractivity contribution in [3.05, 3.63) is 59.2 Å². The highest BCUT2D eigenvalue weighted by atomic mass is 16.4. The van der Waals surface area contributed by atoms with Crippen LogP contribution in [0.4, 0.5) is 0 Å². The van der Waals surface area contributed by atoms with E-state index in [-0.39, 0.29) is 11.6 Å². The number of amides is 1. The Kier molecular flexibility index (Phi) is 4.05. The van der Waals surface area contributed by atoms with Crippen LogP contribution in [-0.2, 0) is 6.54 Å². The summed E-state index contributed by atoms with van der Waals surface area (Å²) in [7, 11) is 0. The highest BCUT2D eigenvalue weighted by Crippen LogP contribution is 2.05. The third-order valence-corrected chi connectivity index (χ3v) is 2.82. The minimum Gasteiger partial charge on any atom is -0.477 e. The smallest absolute Gasteiger partial charge is 0.354 e. The van der Waals surface area contributed by atoms with Gasteiger partial charge in [0.25, 0.3) is 5.91 Å². The van der Waals surface area contributed by atoms with Crippen molar-refractivity contribution in [3.8, 4) is 0 Å². The minimum absolute atomic E-state index is 0.0912. The van der Waals surface area contributed by atoms with E-state index in [0.717, 1.165) is 11.1 Å². The van der Waals surface area contributed by atoms with Crippen LogP contribution >= 0.6 is 0 Å². The molecule has 0 saturated carbocycles. The van der Waals surface area contributed by atoms with Crippen LogP contribution in [0.2, 0.25) is 0 Å². The Balaban J connectivity index is 2.02. The number of aryl methyl sites for hydroxylation is 1. The number of carboxylic acids is 1. The third kappa shape index (κ3) is 3.17. The quantitative estimate of drug-likeness (QED) is 0.877. The number of carboxylic acid groups (broad SMARTS) is 1. The van der Waals surface area contributed by atoms with E-state index in [4.69, 9.17) is 5.11 Å². The predicted molar refractivity (Wildman–Crippen MR) is 71.3 cm³/mol. The average Bonchev–Trinajstić information content (AvgIpc) is 2.46. The second kappa shape index (κ2) is 5.92. The standard InChI is InChI=1S/C14H13N3O3/c1-9-6-15-5-4-10(9)7-17-13(18)11-2-3-12(14(19)20)16-8-11/h2-6,8H,7H2,1H3,(H,17,18)(H,19,20). The van der Waals surface area contributed by atoms with Gasteiger partial charge < -0.3 is 10.4 Å². The van der Waals surface area contributed by atoms with Gasteiger partial charge in [0.05, 0.1) is 5.56 Å². The number of aromatic nitrogens is 2. The lowest BCUT2D eigenvalue weighted by atomic mass is 10.1. The van der Waals surface area contributed by atoms with Crippen LogP contribution in [0.5, 0.6) is 0 Å². The molecule has 20 heavy (non-hydrogen) atoms. The van der Waals surface area contributed by atoms with E-state index < -0.39 is 5.97 Å². The Hall–Kier alpha value is -2.76. The van der Waals surface area contributed by atoms with Gasteiger partial charge in [-0.05, 0) is 36.2 Å². The zero-order chi connectivity index (χ0) is 14.5. The maximum Gasteiger partial charge on any atom is 0.354 e. The zero-order valence-electron chi connectivity index (χ0n) is 10.8. The average molecular weight is 271 g/mol. The molecule has 6 heteroatoms. The lowest BCUT2D eigenvalue weighted by molar-refractivity contribution is 0.0689. The summed E-state index contributed by atoms with van der Waals surface area (Å²) < 4.78 is 0. The summed E-state index contributed by atoms with van der Waals surface area (Å²) in [6, 6.07) is 4.57. The van der Waals surface area contributed by atoms with Crippen LogP contribution in [0, 0.1) is 6.92 Å². The highest BCUT2D eigenvalue weighted by molar-refractivity contribution is 5.94. The molecule has 2 N–H and O–H groups in total. The van der Waals surface area contributed by atoms with Crippen molar-refractivity contribution in [2.75, 3.05) is 0 Å². The van der Waals surface area contributed by atoms with Crippen LogP contribution in [-0.4, -0.2) is 27.0 Å². The number of hydrogen-bond donors (Lipinski definition) is 2. The number of carbonyl (C=O) groups is 2. The van der Waals surface area contributed by atoms with Gasteiger partial charge in [0.1, 0.15) is 5.69 Å². The van der Waals surface area contributed by atoms with Crippen LogP contribution in [0.1, 0.15) is 32.0 Å². The van der Waals surface area contributed by atoms with Gasteiger partial charge >= 0.3 is 5.97 Å². The Morgan fingerprint density at radius 2 is 2.05 bits per heavy atom. The van der Waals surface area contributed by atoms with Gasteiger partial charge in [0.15, 0.2) is 0 Å². The van der Waals surface area contributed by atoms with Crippen molar-refractivity contribution in [2.45, 2.75) is 13.5 Å². The largest absolute Gasteiger partial charge is 0.477 e. The van der Waals surface area contributed by atoms with Crippen molar-refractivity contribution in [1.82, 2.24) is 15.3 Å². The molecule has 102 valence electrons. The molecule has 0 unspecified atom stereocenters. The summed E-state index contributed by atoms with van der Waals surface area (Å²) in [4.78, 5) is 30.2. The molecule has 2 aromatic rings. The molecule has 2 heterocycles. The molecule has 2 aromatic heterocycles. The van der Waals surface area contributed by atoms with Crippen molar-refractivity contribution < 1.29 is 14.7 Å². The lowest BCUT2D eigenvalue weighted by Gasteiger charge is -2.07. The summed E-state index contributed by atoms with van der Waals surface area (Å²) in [6.45, 7) is 2.30. The van der Waals surface area contributed by atoms with Gasteiger partial charge in [0.2, 0.25) is 0 Å². The summed E-state index contributed by atoms with van der Waals surface area (Å²) in [5.74, 6) is -1.42. The molecule has 2 rings (SSSR count). The fourth-order valence-corrected chi connectivity index (χ4v) is 1.63. The van der Waals surface area contributed by atoms with Crippen molar-refractivity contribution >= 4 is 11.9 Å². The van der Waals surface area contributed by atoms with Gasteiger partial charge in [-0.15, -0.1) is 0 Å². The van der Waals surface area contributed by atoms with E-state index >= 15 is 0 Å². The van der Waals surface area contributed by atoms with Crippen LogP contribution in [0.25, 0.3) is 0 Å². The minimum atomic E-state index is -1.12. The SMILES string of the molecule is Cc1cnccc1CNC(=O)c1ccc(C(=O)O)nc1. The second-order valence-corrected chi connectivity index (χ2v) is 4.22. The van der Waals surface area contributed by atoms with Gasteiger partial charge in [-0.1, -0.05) is 0 Å². The Morgan fingerprint density at radius 1 is 1.25 bits per heavy atom. The topological polar surface area (TPSA) is 92.2 Å². The maximum absolute atomic E-state index is 11.9. The number of nitrogens with zero attached hydrogens (tertiary/aromatic N) is 2. The number of rotatable bonds is 4. The molecule has 0 aliphatic rings. The van der Waals surface area contributed by atoms with E-state index in [9.17, 15) is 9.59 Å². The number of carbonyl (C=O) groups excluding carboxylic acids is 1. The molecule has 0 aliphatic heterocycles. The summed E-state index contributed by atoms with van der Waals surface area (Å²) in [5.41, 5.74) is 2.20. The van der Waals surface area contributed by atoms with Crippen LogP contribution < -0.4 is 5.32 Å². The Labute approximate surface area is 115 Å². The van der Waals surface area contributed by atoms with E-state index in [1.54, 1.807) is 12.4 Å². The molecule has 0 radical (unpaired) electrons. The first-order valence-electron chi connectivity index (χ1n) is 5.95. The first-order chi connectivity index (χ1) is 9.58. The van der Waals surface area contributed by atoms with Gasteiger partial charge in [-0.2, -0.15) is 0 Å². The monoisotopic (exact) mass is 271 g/mol. The first-order valence-corrected chi connectivity index (χ1v) is 5.95. The number of nitrogens with one attached hydrogen (secondary N) is 1. The van der Waals surface area contributed by atoms with Crippen molar-refractivity contribution in [1.29, 1.82) is 0 Å². The molecule has 0 fully saturated rings. The molecule has 0 atom stereocenters. The Bertz CT molecular complexity index is 638. The van der Waals surface area contributed by atoms with Crippen molar-refractivity contribution in [2.24, 2.45) is 0 Å². The van der Waals surface area contributed by atoms with Gasteiger partial charge in [-0.25, -0.2) is 9.78 Å². The fraction of sp³-hybridized carbons (Fsp3) is 0.143. The lowest BCUT2D eigenvalue weighted by Crippen LogP contribution is -2.23. The molecule has 1 amide bonds. The predicted octanol–water partition coefficient (Wildman–Crippen LogP) is 1.41. The number of pyridine rings is 2. The second-order valence-electron chi connectivity index (χ2n) is 4.22. The highest BCUT2D eigenvalue weighted by Gasteiger charge is 2.09. The number of hydrogen-bond acceptors (Lipinski definition) is 4. The molecule has 0 saturated heterocycles. The van der Waals surface area contributed by atoms with Gasteiger partial charge in [-0.3, -0.25) is 9.78 Å². The Morgan fingerprint density at radius 3 is 2.65 bits per heavy atom. The molecule has 0 bridgehead atoms.